The van der Waals surface area contributed by atoms with E-state index in [2.05, 4.69) is 41.5 Å². The van der Waals surface area contributed by atoms with E-state index in [0.717, 1.165) is 5.13 Å². The number of thiazole rings is 1. The van der Waals surface area contributed by atoms with Crippen LogP contribution in [0.5, 0.6) is 0 Å². The van der Waals surface area contributed by atoms with Gasteiger partial charge in [-0.15, -0.1) is 0 Å². The molecule has 0 spiro atoms. The second-order valence-electron chi connectivity index (χ2n) is 5.77. The number of nitrogens with zero attached hydrogens (tertiary/aromatic N) is 1. The molecular formula is C17H22N2O2S. The van der Waals surface area contributed by atoms with Crippen molar-refractivity contribution in [2.75, 3.05) is 11.9 Å². The summed E-state index contributed by atoms with van der Waals surface area (Å²) in [6.45, 7) is 9.05. The first-order valence-electron chi connectivity index (χ1n) is 7.39. The number of carbonyl (C=O) groups is 1. The Balaban J connectivity index is 1.97. The van der Waals surface area contributed by atoms with Gasteiger partial charge in [-0.25, -0.2) is 9.78 Å². The van der Waals surface area contributed by atoms with E-state index in [0.29, 0.717) is 29.6 Å². The lowest BCUT2D eigenvalue weighted by Gasteiger charge is -2.05. The van der Waals surface area contributed by atoms with Gasteiger partial charge in [0.2, 0.25) is 0 Å². The second kappa shape index (κ2) is 7.40. The average Bonchev–Trinajstić information content (AvgIpc) is 2.85. The quantitative estimate of drug-likeness (QED) is 0.812. The van der Waals surface area contributed by atoms with E-state index in [9.17, 15) is 4.79 Å². The summed E-state index contributed by atoms with van der Waals surface area (Å²) in [7, 11) is 0. The summed E-state index contributed by atoms with van der Waals surface area (Å²) in [6, 6.07) is 8.33. The van der Waals surface area contributed by atoms with Gasteiger partial charge in [0.25, 0.3) is 0 Å². The predicted octanol–water partition coefficient (Wildman–Crippen LogP) is 4.18. The van der Waals surface area contributed by atoms with Crippen LogP contribution in [-0.2, 0) is 11.3 Å². The Morgan fingerprint density at radius 3 is 2.59 bits per heavy atom. The van der Waals surface area contributed by atoms with Crippen molar-refractivity contribution in [2.24, 2.45) is 5.92 Å². The van der Waals surface area contributed by atoms with Crippen LogP contribution in [0.25, 0.3) is 0 Å². The summed E-state index contributed by atoms with van der Waals surface area (Å²) in [5.41, 5.74) is 3.14. The summed E-state index contributed by atoms with van der Waals surface area (Å²) in [6.07, 6.45) is 0. The molecule has 0 aliphatic heterocycles. The largest absolute Gasteiger partial charge is 0.461 e. The van der Waals surface area contributed by atoms with Crippen LogP contribution in [0.3, 0.4) is 0 Å². The van der Waals surface area contributed by atoms with Crippen LogP contribution >= 0.6 is 11.3 Å². The van der Waals surface area contributed by atoms with E-state index in [1.54, 1.807) is 0 Å². The van der Waals surface area contributed by atoms with Gasteiger partial charge < -0.3 is 10.1 Å². The average molecular weight is 318 g/mol. The molecule has 0 atom stereocenters. The first-order chi connectivity index (χ1) is 10.5. The smallest absolute Gasteiger partial charge is 0.350 e. The molecule has 2 aromatic rings. The Hall–Kier alpha value is -1.88. The van der Waals surface area contributed by atoms with Gasteiger partial charge in [0.1, 0.15) is 4.88 Å². The molecule has 118 valence electrons. The molecule has 1 heterocycles. The minimum absolute atomic E-state index is 0.285. The maximum atomic E-state index is 12.0. The fraction of sp³-hybridized carbons (Fsp3) is 0.412. The number of rotatable bonds is 6. The Kier molecular flexibility index (Phi) is 5.55. The van der Waals surface area contributed by atoms with E-state index in [4.69, 9.17) is 4.74 Å². The van der Waals surface area contributed by atoms with Gasteiger partial charge in [0.05, 0.1) is 12.3 Å². The molecule has 0 unspecified atom stereocenters. The molecule has 4 nitrogen and oxygen atoms in total. The molecule has 1 N–H and O–H groups in total. The molecule has 22 heavy (non-hydrogen) atoms. The van der Waals surface area contributed by atoms with Crippen LogP contribution in [0.4, 0.5) is 5.13 Å². The molecule has 1 aromatic heterocycles. The molecular weight excluding hydrogens is 296 g/mol. The van der Waals surface area contributed by atoms with Crippen molar-refractivity contribution in [3.8, 4) is 0 Å². The van der Waals surface area contributed by atoms with Crippen molar-refractivity contribution in [2.45, 2.75) is 34.2 Å². The molecule has 0 saturated heterocycles. The first-order valence-corrected chi connectivity index (χ1v) is 8.21. The number of carbonyl (C=O) groups excluding carboxylic acids is 1. The standard InChI is InChI=1S/C17H22N2O2S/c1-11(2)10-21-16(20)15-13(4)19-17(22-15)18-9-14-7-5-12(3)6-8-14/h5-8,11H,9-10H2,1-4H3,(H,18,19). The molecule has 0 fully saturated rings. The minimum atomic E-state index is -0.285. The number of anilines is 1. The number of aryl methyl sites for hydroxylation is 2. The highest BCUT2D eigenvalue weighted by atomic mass is 32.1. The van der Waals surface area contributed by atoms with E-state index < -0.39 is 0 Å². The third-order valence-electron chi connectivity index (χ3n) is 3.09. The van der Waals surface area contributed by atoms with Crippen molar-refractivity contribution in [1.29, 1.82) is 0 Å². The number of aromatic nitrogens is 1. The normalized spacial score (nSPS) is 10.8. The first kappa shape index (κ1) is 16.5. The Morgan fingerprint density at radius 1 is 1.27 bits per heavy atom. The zero-order chi connectivity index (χ0) is 16.1. The second-order valence-corrected chi connectivity index (χ2v) is 6.76. The number of nitrogens with one attached hydrogen (secondary N) is 1. The van der Waals surface area contributed by atoms with E-state index in [1.165, 1.54) is 22.5 Å². The number of benzene rings is 1. The highest BCUT2D eigenvalue weighted by molar-refractivity contribution is 7.17. The molecule has 2 rings (SSSR count). The van der Waals surface area contributed by atoms with E-state index in [1.807, 2.05) is 20.8 Å². The maximum Gasteiger partial charge on any atom is 0.350 e. The fourth-order valence-electron chi connectivity index (χ4n) is 1.85. The van der Waals surface area contributed by atoms with E-state index >= 15 is 0 Å². The minimum Gasteiger partial charge on any atom is -0.461 e. The van der Waals surface area contributed by atoms with Crippen molar-refractivity contribution < 1.29 is 9.53 Å². The summed E-state index contributed by atoms with van der Waals surface area (Å²) in [5.74, 6) is 0.0448. The topological polar surface area (TPSA) is 51.2 Å². The van der Waals surface area contributed by atoms with Gasteiger partial charge in [0.15, 0.2) is 5.13 Å². The highest BCUT2D eigenvalue weighted by Crippen LogP contribution is 2.24. The Morgan fingerprint density at radius 2 is 1.95 bits per heavy atom. The summed E-state index contributed by atoms with van der Waals surface area (Å²) < 4.78 is 5.26. The third kappa shape index (κ3) is 4.56. The van der Waals surface area contributed by atoms with Crippen LogP contribution in [0, 0.1) is 19.8 Å². The lowest BCUT2D eigenvalue weighted by molar-refractivity contribution is 0.0463. The van der Waals surface area contributed by atoms with Crippen LogP contribution in [0.15, 0.2) is 24.3 Å². The predicted molar refractivity (Wildman–Crippen MR) is 90.5 cm³/mol. The molecule has 0 aliphatic carbocycles. The number of esters is 1. The van der Waals surface area contributed by atoms with Gasteiger partial charge in [-0.05, 0) is 25.3 Å². The SMILES string of the molecule is Cc1ccc(CNc2nc(C)c(C(=O)OCC(C)C)s2)cc1. The third-order valence-corrected chi connectivity index (χ3v) is 4.19. The number of hydrogen-bond donors (Lipinski definition) is 1. The maximum absolute atomic E-state index is 12.0. The van der Waals surface area contributed by atoms with Crippen molar-refractivity contribution in [1.82, 2.24) is 4.98 Å². The zero-order valence-corrected chi connectivity index (χ0v) is 14.3. The molecule has 1 aromatic carbocycles. The Bertz CT molecular complexity index is 633. The Labute approximate surface area is 135 Å². The van der Waals surface area contributed by atoms with Gasteiger partial charge in [-0.1, -0.05) is 55.0 Å². The molecule has 0 radical (unpaired) electrons. The summed E-state index contributed by atoms with van der Waals surface area (Å²) in [5, 5.41) is 4.01. The molecule has 0 amide bonds. The lowest BCUT2D eigenvalue weighted by Crippen LogP contribution is -2.09. The zero-order valence-electron chi connectivity index (χ0n) is 13.5. The van der Waals surface area contributed by atoms with Crippen molar-refractivity contribution in [3.05, 3.63) is 46.0 Å². The van der Waals surface area contributed by atoms with Gasteiger partial charge in [0, 0.05) is 6.54 Å². The summed E-state index contributed by atoms with van der Waals surface area (Å²) >= 11 is 1.34. The van der Waals surface area contributed by atoms with Crippen LogP contribution in [-0.4, -0.2) is 17.6 Å². The summed E-state index contributed by atoms with van der Waals surface area (Å²) in [4.78, 5) is 17.0. The molecule has 0 aliphatic rings. The van der Waals surface area contributed by atoms with Gasteiger partial charge >= 0.3 is 5.97 Å². The van der Waals surface area contributed by atoms with Crippen LogP contribution in [0.1, 0.15) is 40.3 Å². The fourth-order valence-corrected chi connectivity index (χ4v) is 2.71. The molecule has 0 bridgehead atoms. The molecule has 5 heteroatoms. The van der Waals surface area contributed by atoms with Crippen LogP contribution in [0.2, 0.25) is 0 Å². The van der Waals surface area contributed by atoms with Crippen molar-refractivity contribution in [3.63, 3.8) is 0 Å². The number of ether oxygens (including phenoxy) is 1. The van der Waals surface area contributed by atoms with Gasteiger partial charge in [-0.3, -0.25) is 0 Å². The van der Waals surface area contributed by atoms with Crippen molar-refractivity contribution >= 4 is 22.4 Å². The monoisotopic (exact) mass is 318 g/mol. The molecule has 0 saturated carbocycles. The van der Waals surface area contributed by atoms with Gasteiger partial charge in [-0.2, -0.15) is 0 Å². The number of hydrogen-bond acceptors (Lipinski definition) is 5. The van der Waals surface area contributed by atoms with Crippen LogP contribution < -0.4 is 5.32 Å². The highest BCUT2D eigenvalue weighted by Gasteiger charge is 2.17. The lowest BCUT2D eigenvalue weighted by atomic mass is 10.1. The van der Waals surface area contributed by atoms with E-state index in [-0.39, 0.29) is 5.97 Å².